The van der Waals surface area contributed by atoms with E-state index in [1.54, 1.807) is 37.4 Å². The first-order valence-corrected chi connectivity index (χ1v) is 8.14. The highest BCUT2D eigenvalue weighted by Gasteiger charge is 2.16. The molecule has 2 rings (SSSR count). The summed E-state index contributed by atoms with van der Waals surface area (Å²) in [6, 6.07) is 9.58. The number of hydrogen-bond donors (Lipinski definition) is 2. The number of aromatic nitrogens is 1. The van der Waals surface area contributed by atoms with E-state index in [0.717, 1.165) is 5.69 Å². The van der Waals surface area contributed by atoms with Crippen LogP contribution in [-0.2, 0) is 10.0 Å². The molecule has 0 amide bonds. The van der Waals surface area contributed by atoms with Crippen LogP contribution in [0, 0.1) is 6.92 Å². The lowest BCUT2D eigenvalue weighted by molar-refractivity contribution is 0.173. The van der Waals surface area contributed by atoms with Crippen molar-refractivity contribution in [2.24, 2.45) is 0 Å². The third-order valence-corrected chi connectivity index (χ3v) is 4.47. The van der Waals surface area contributed by atoms with E-state index >= 15 is 0 Å². The number of benzene rings is 1. The van der Waals surface area contributed by atoms with E-state index in [4.69, 9.17) is 0 Å². The van der Waals surface area contributed by atoms with Crippen LogP contribution in [0.4, 0.5) is 5.69 Å². The normalized spacial score (nSPS) is 12.9. The number of rotatable bonds is 5. The van der Waals surface area contributed by atoms with Crippen LogP contribution >= 0.6 is 0 Å². The number of aryl methyl sites for hydroxylation is 1. The van der Waals surface area contributed by atoms with Crippen LogP contribution in [0.15, 0.2) is 47.5 Å². The molecule has 21 heavy (non-hydrogen) atoms. The van der Waals surface area contributed by atoms with Crippen molar-refractivity contribution in [3.8, 4) is 0 Å². The Hall–Kier alpha value is -1.92. The van der Waals surface area contributed by atoms with E-state index in [9.17, 15) is 13.5 Å². The smallest absolute Gasteiger partial charge is 0.261 e. The average molecular weight is 306 g/mol. The maximum Gasteiger partial charge on any atom is 0.261 e. The molecule has 2 aromatic rings. The molecular formula is C15H18N2O3S. The minimum Gasteiger partial charge on any atom is -0.388 e. The summed E-state index contributed by atoms with van der Waals surface area (Å²) in [5, 5.41) is 9.82. The minimum absolute atomic E-state index is 0.127. The van der Waals surface area contributed by atoms with Gasteiger partial charge in [0.25, 0.3) is 10.0 Å². The summed E-state index contributed by atoms with van der Waals surface area (Å²) >= 11 is 0. The average Bonchev–Trinajstić information content (AvgIpc) is 2.46. The van der Waals surface area contributed by atoms with Gasteiger partial charge in [0.05, 0.1) is 16.7 Å². The highest BCUT2D eigenvalue weighted by Crippen LogP contribution is 2.21. The molecule has 1 atom stereocenters. The molecule has 0 radical (unpaired) electrons. The number of anilines is 1. The number of sulfonamides is 1. The Morgan fingerprint density at radius 2 is 2.05 bits per heavy atom. The van der Waals surface area contributed by atoms with Crippen LogP contribution in [0.25, 0.3) is 0 Å². The molecule has 0 fully saturated rings. The van der Waals surface area contributed by atoms with E-state index in [1.807, 2.05) is 6.92 Å². The Balaban J connectivity index is 2.31. The SMILES string of the molecule is CCC(O)c1cccc(S(=O)(=O)Nc2ccnc(C)c2)c1. The fourth-order valence-corrected chi connectivity index (χ4v) is 3.05. The van der Waals surface area contributed by atoms with Gasteiger partial charge in [0.2, 0.25) is 0 Å². The number of hydrogen-bond acceptors (Lipinski definition) is 4. The fourth-order valence-electron chi connectivity index (χ4n) is 1.95. The maximum absolute atomic E-state index is 12.4. The van der Waals surface area contributed by atoms with E-state index < -0.39 is 16.1 Å². The van der Waals surface area contributed by atoms with Gasteiger partial charge in [-0.25, -0.2) is 8.42 Å². The highest BCUT2D eigenvalue weighted by atomic mass is 32.2. The Kier molecular flexibility index (Phi) is 4.59. The minimum atomic E-state index is -3.68. The second-order valence-corrected chi connectivity index (χ2v) is 6.47. The van der Waals surface area contributed by atoms with Crippen molar-refractivity contribution in [1.82, 2.24) is 4.98 Å². The van der Waals surface area contributed by atoms with Gasteiger partial charge in [-0.3, -0.25) is 9.71 Å². The van der Waals surface area contributed by atoms with Gasteiger partial charge in [0.1, 0.15) is 0 Å². The fraction of sp³-hybridized carbons (Fsp3) is 0.267. The predicted molar refractivity (Wildman–Crippen MR) is 81.5 cm³/mol. The van der Waals surface area contributed by atoms with Crippen molar-refractivity contribution in [2.75, 3.05) is 4.72 Å². The molecule has 0 aliphatic heterocycles. The number of aliphatic hydroxyl groups excluding tert-OH is 1. The van der Waals surface area contributed by atoms with Crippen LogP contribution < -0.4 is 4.72 Å². The Morgan fingerprint density at radius 1 is 1.29 bits per heavy atom. The number of nitrogens with one attached hydrogen (secondary N) is 1. The van der Waals surface area contributed by atoms with Crippen LogP contribution in [-0.4, -0.2) is 18.5 Å². The zero-order valence-corrected chi connectivity index (χ0v) is 12.8. The molecule has 0 saturated heterocycles. The van der Waals surface area contributed by atoms with E-state index in [-0.39, 0.29) is 4.90 Å². The second kappa shape index (κ2) is 6.24. The van der Waals surface area contributed by atoms with Gasteiger partial charge in [-0.15, -0.1) is 0 Å². The van der Waals surface area contributed by atoms with Gasteiger partial charge in [0, 0.05) is 11.9 Å². The van der Waals surface area contributed by atoms with Gasteiger partial charge in [0.15, 0.2) is 0 Å². The second-order valence-electron chi connectivity index (χ2n) is 4.79. The molecule has 0 aliphatic carbocycles. The Morgan fingerprint density at radius 3 is 2.71 bits per heavy atom. The zero-order chi connectivity index (χ0) is 15.5. The first kappa shape index (κ1) is 15.5. The lowest BCUT2D eigenvalue weighted by atomic mass is 10.1. The van der Waals surface area contributed by atoms with Gasteiger partial charge < -0.3 is 5.11 Å². The maximum atomic E-state index is 12.4. The molecule has 1 aromatic heterocycles. The van der Waals surface area contributed by atoms with E-state index in [1.165, 1.54) is 12.1 Å². The summed E-state index contributed by atoms with van der Waals surface area (Å²) in [6.07, 6.45) is 1.41. The molecule has 1 unspecified atom stereocenters. The van der Waals surface area contributed by atoms with Crippen molar-refractivity contribution in [3.05, 3.63) is 53.9 Å². The van der Waals surface area contributed by atoms with Crippen LogP contribution in [0.2, 0.25) is 0 Å². The molecule has 0 saturated carbocycles. The standard InChI is InChI=1S/C15H18N2O3S/c1-3-15(18)12-5-4-6-14(10-12)21(19,20)17-13-7-8-16-11(2)9-13/h4-10,15,18H,3H2,1-2H3,(H,16,17). The van der Waals surface area contributed by atoms with Crippen molar-refractivity contribution < 1.29 is 13.5 Å². The zero-order valence-electron chi connectivity index (χ0n) is 11.9. The van der Waals surface area contributed by atoms with Gasteiger partial charge in [-0.1, -0.05) is 19.1 Å². The van der Waals surface area contributed by atoms with Crippen LogP contribution in [0.1, 0.15) is 30.7 Å². The van der Waals surface area contributed by atoms with Gasteiger partial charge in [-0.2, -0.15) is 0 Å². The summed E-state index contributed by atoms with van der Waals surface area (Å²) in [7, 11) is -3.68. The summed E-state index contributed by atoms with van der Waals surface area (Å²) in [5.41, 5.74) is 1.78. The topological polar surface area (TPSA) is 79.3 Å². The Bertz CT molecular complexity index is 729. The van der Waals surface area contributed by atoms with Crippen LogP contribution in [0.5, 0.6) is 0 Å². The molecule has 0 bridgehead atoms. The summed E-state index contributed by atoms with van der Waals surface area (Å²) in [4.78, 5) is 4.15. The first-order chi connectivity index (χ1) is 9.92. The largest absolute Gasteiger partial charge is 0.388 e. The summed E-state index contributed by atoms with van der Waals surface area (Å²) in [6.45, 7) is 3.62. The molecule has 0 spiro atoms. The monoisotopic (exact) mass is 306 g/mol. The third-order valence-electron chi connectivity index (χ3n) is 3.09. The van der Waals surface area contributed by atoms with Crippen molar-refractivity contribution in [1.29, 1.82) is 0 Å². The molecule has 2 N–H and O–H groups in total. The molecule has 0 aliphatic rings. The highest BCUT2D eigenvalue weighted by molar-refractivity contribution is 7.92. The number of aliphatic hydroxyl groups is 1. The van der Waals surface area contributed by atoms with Gasteiger partial charge >= 0.3 is 0 Å². The van der Waals surface area contributed by atoms with Crippen LogP contribution in [0.3, 0.4) is 0 Å². The first-order valence-electron chi connectivity index (χ1n) is 6.66. The predicted octanol–water partition coefficient (Wildman–Crippen LogP) is 2.63. The molecule has 112 valence electrons. The lowest BCUT2D eigenvalue weighted by Crippen LogP contribution is -2.13. The molecule has 6 heteroatoms. The Labute approximate surface area is 124 Å². The molecule has 1 aromatic carbocycles. The van der Waals surface area contributed by atoms with E-state index in [0.29, 0.717) is 17.7 Å². The van der Waals surface area contributed by atoms with Gasteiger partial charge in [-0.05, 0) is 43.2 Å². The van der Waals surface area contributed by atoms with Crippen molar-refractivity contribution >= 4 is 15.7 Å². The quantitative estimate of drug-likeness (QED) is 0.890. The lowest BCUT2D eigenvalue weighted by Gasteiger charge is -2.12. The van der Waals surface area contributed by atoms with E-state index in [2.05, 4.69) is 9.71 Å². The third kappa shape index (κ3) is 3.80. The molecule has 5 nitrogen and oxygen atoms in total. The number of nitrogens with zero attached hydrogens (tertiary/aromatic N) is 1. The molecule has 1 heterocycles. The molecular weight excluding hydrogens is 288 g/mol. The summed E-state index contributed by atoms with van der Waals surface area (Å²) in [5.74, 6) is 0. The summed E-state index contributed by atoms with van der Waals surface area (Å²) < 4.78 is 27.2. The van der Waals surface area contributed by atoms with Crippen molar-refractivity contribution in [2.45, 2.75) is 31.3 Å². The van der Waals surface area contributed by atoms with Crippen molar-refractivity contribution in [3.63, 3.8) is 0 Å². The number of pyridine rings is 1.